The molecular formula is C13H19BrN2O2S. The third kappa shape index (κ3) is 2.86. The number of hydrogen-bond donors (Lipinski definition) is 1. The SMILES string of the molecule is Cc1c(Br)cc(CN)cc1S(=O)(=O)N1CCC(C)C1. The number of benzene rings is 1. The van der Waals surface area contributed by atoms with Crippen molar-refractivity contribution in [1.29, 1.82) is 0 Å². The molecule has 1 aliphatic heterocycles. The van der Waals surface area contributed by atoms with E-state index in [0.717, 1.165) is 22.0 Å². The average Bonchev–Trinajstić information content (AvgIpc) is 2.79. The number of sulfonamides is 1. The van der Waals surface area contributed by atoms with E-state index >= 15 is 0 Å². The standard InChI is InChI=1S/C13H19BrN2O2S/c1-9-3-4-16(8-9)19(17,18)13-6-11(7-15)5-12(14)10(13)2/h5-6,9H,3-4,7-8,15H2,1-2H3. The van der Waals surface area contributed by atoms with Gasteiger partial charge in [-0.1, -0.05) is 22.9 Å². The summed E-state index contributed by atoms with van der Waals surface area (Å²) in [4.78, 5) is 0.372. The highest BCUT2D eigenvalue weighted by Crippen LogP contribution is 2.30. The van der Waals surface area contributed by atoms with Crippen molar-refractivity contribution >= 4 is 26.0 Å². The van der Waals surface area contributed by atoms with Crippen molar-refractivity contribution in [3.63, 3.8) is 0 Å². The second-order valence-corrected chi connectivity index (χ2v) is 7.92. The van der Waals surface area contributed by atoms with Crippen LogP contribution in [0.15, 0.2) is 21.5 Å². The minimum Gasteiger partial charge on any atom is -0.326 e. The van der Waals surface area contributed by atoms with Gasteiger partial charge in [0.1, 0.15) is 0 Å². The number of hydrogen-bond acceptors (Lipinski definition) is 3. The second-order valence-electron chi connectivity index (χ2n) is 5.16. The quantitative estimate of drug-likeness (QED) is 0.912. The van der Waals surface area contributed by atoms with E-state index < -0.39 is 10.0 Å². The minimum absolute atomic E-state index is 0.331. The molecule has 1 aromatic carbocycles. The van der Waals surface area contributed by atoms with Crippen LogP contribution in [0.3, 0.4) is 0 Å². The summed E-state index contributed by atoms with van der Waals surface area (Å²) < 4.78 is 27.7. The molecule has 19 heavy (non-hydrogen) atoms. The van der Waals surface area contributed by atoms with Crippen LogP contribution in [0.4, 0.5) is 0 Å². The molecule has 2 rings (SSSR count). The number of rotatable bonds is 3. The van der Waals surface area contributed by atoms with E-state index in [4.69, 9.17) is 5.73 Å². The molecule has 1 saturated heterocycles. The van der Waals surface area contributed by atoms with Crippen LogP contribution in [0.5, 0.6) is 0 Å². The molecule has 0 aliphatic carbocycles. The summed E-state index contributed by atoms with van der Waals surface area (Å²) in [5.74, 6) is 0.427. The predicted octanol–water partition coefficient (Wildman–Crippen LogP) is 2.25. The predicted molar refractivity (Wildman–Crippen MR) is 79.3 cm³/mol. The lowest BCUT2D eigenvalue weighted by molar-refractivity contribution is 0.464. The Labute approximate surface area is 123 Å². The molecule has 4 nitrogen and oxygen atoms in total. The lowest BCUT2D eigenvalue weighted by atomic mass is 10.1. The first-order valence-electron chi connectivity index (χ1n) is 6.35. The van der Waals surface area contributed by atoms with E-state index in [2.05, 4.69) is 22.9 Å². The molecule has 0 aromatic heterocycles. The van der Waals surface area contributed by atoms with Gasteiger partial charge in [0.25, 0.3) is 0 Å². The zero-order chi connectivity index (χ0) is 14.2. The van der Waals surface area contributed by atoms with Gasteiger partial charge >= 0.3 is 0 Å². The van der Waals surface area contributed by atoms with Crippen molar-refractivity contribution in [1.82, 2.24) is 4.31 Å². The van der Waals surface area contributed by atoms with E-state index in [0.29, 0.717) is 30.4 Å². The lowest BCUT2D eigenvalue weighted by Gasteiger charge is -2.19. The Kier molecular flexibility index (Phi) is 4.35. The van der Waals surface area contributed by atoms with Gasteiger partial charge in [0.2, 0.25) is 10.0 Å². The molecule has 0 saturated carbocycles. The Morgan fingerprint density at radius 1 is 1.47 bits per heavy atom. The first-order valence-corrected chi connectivity index (χ1v) is 8.58. The van der Waals surface area contributed by atoms with Gasteiger partial charge in [0, 0.05) is 24.1 Å². The second kappa shape index (κ2) is 5.52. The molecule has 1 unspecified atom stereocenters. The highest BCUT2D eigenvalue weighted by atomic mass is 79.9. The third-order valence-corrected chi connectivity index (χ3v) is 6.41. The number of nitrogens with two attached hydrogens (primary N) is 1. The fourth-order valence-electron chi connectivity index (χ4n) is 2.34. The maximum absolute atomic E-state index is 12.7. The van der Waals surface area contributed by atoms with Gasteiger partial charge in [0.15, 0.2) is 0 Å². The van der Waals surface area contributed by atoms with Crippen molar-refractivity contribution in [2.45, 2.75) is 31.7 Å². The van der Waals surface area contributed by atoms with Crippen LogP contribution in [0, 0.1) is 12.8 Å². The number of halogens is 1. The van der Waals surface area contributed by atoms with Gasteiger partial charge in [-0.25, -0.2) is 8.42 Å². The topological polar surface area (TPSA) is 63.4 Å². The Hall–Kier alpha value is -0.430. The molecule has 1 fully saturated rings. The average molecular weight is 347 g/mol. The monoisotopic (exact) mass is 346 g/mol. The molecule has 1 aliphatic rings. The van der Waals surface area contributed by atoms with Crippen LogP contribution in [0.2, 0.25) is 0 Å². The fourth-order valence-corrected chi connectivity index (χ4v) is 4.86. The van der Waals surface area contributed by atoms with Gasteiger partial charge in [-0.2, -0.15) is 4.31 Å². The molecule has 6 heteroatoms. The molecule has 1 heterocycles. The van der Waals surface area contributed by atoms with Gasteiger partial charge in [0.05, 0.1) is 4.90 Å². The molecule has 2 N–H and O–H groups in total. The Balaban J connectivity index is 2.48. The van der Waals surface area contributed by atoms with E-state index in [1.807, 2.05) is 13.0 Å². The molecule has 0 spiro atoms. The Morgan fingerprint density at radius 2 is 2.16 bits per heavy atom. The van der Waals surface area contributed by atoms with E-state index in [-0.39, 0.29) is 0 Å². The zero-order valence-electron chi connectivity index (χ0n) is 11.2. The molecule has 0 bridgehead atoms. The van der Waals surface area contributed by atoms with Gasteiger partial charge in [-0.05, 0) is 42.5 Å². The highest BCUT2D eigenvalue weighted by molar-refractivity contribution is 9.10. The first-order chi connectivity index (χ1) is 8.86. The van der Waals surface area contributed by atoms with Crippen molar-refractivity contribution in [2.24, 2.45) is 11.7 Å². The molecule has 0 radical (unpaired) electrons. The van der Waals surface area contributed by atoms with Crippen molar-refractivity contribution in [2.75, 3.05) is 13.1 Å². The van der Waals surface area contributed by atoms with Gasteiger partial charge in [-0.15, -0.1) is 0 Å². The Morgan fingerprint density at radius 3 is 2.68 bits per heavy atom. The van der Waals surface area contributed by atoms with E-state index in [9.17, 15) is 8.42 Å². The Bertz CT molecular complexity index is 587. The first kappa shape index (κ1) is 15.0. The molecule has 0 amide bonds. The highest BCUT2D eigenvalue weighted by Gasteiger charge is 2.32. The smallest absolute Gasteiger partial charge is 0.243 e. The summed E-state index contributed by atoms with van der Waals surface area (Å²) in [5, 5.41) is 0. The van der Waals surface area contributed by atoms with Crippen LogP contribution in [0.25, 0.3) is 0 Å². The summed E-state index contributed by atoms with van der Waals surface area (Å²) in [7, 11) is -3.41. The van der Waals surface area contributed by atoms with Crippen molar-refractivity contribution in [3.05, 3.63) is 27.7 Å². The summed E-state index contributed by atoms with van der Waals surface area (Å²) in [6.45, 7) is 5.43. The summed E-state index contributed by atoms with van der Waals surface area (Å²) in [5.41, 5.74) is 7.20. The van der Waals surface area contributed by atoms with Crippen LogP contribution in [-0.4, -0.2) is 25.8 Å². The summed E-state index contributed by atoms with van der Waals surface area (Å²) >= 11 is 3.41. The summed E-state index contributed by atoms with van der Waals surface area (Å²) in [6, 6.07) is 3.57. The van der Waals surface area contributed by atoms with E-state index in [1.54, 1.807) is 10.4 Å². The third-order valence-electron chi connectivity index (χ3n) is 3.60. The van der Waals surface area contributed by atoms with Gasteiger partial charge in [-0.3, -0.25) is 0 Å². The maximum atomic E-state index is 12.7. The molecule has 1 atom stereocenters. The van der Waals surface area contributed by atoms with Crippen LogP contribution < -0.4 is 5.73 Å². The normalized spacial score (nSPS) is 20.9. The molecular weight excluding hydrogens is 328 g/mol. The minimum atomic E-state index is -3.41. The van der Waals surface area contributed by atoms with Crippen molar-refractivity contribution < 1.29 is 8.42 Å². The van der Waals surface area contributed by atoms with Crippen LogP contribution >= 0.6 is 15.9 Å². The number of nitrogens with zero attached hydrogens (tertiary/aromatic N) is 1. The van der Waals surface area contributed by atoms with Crippen LogP contribution in [-0.2, 0) is 16.6 Å². The molecule has 1 aromatic rings. The lowest BCUT2D eigenvalue weighted by Crippen LogP contribution is -2.29. The van der Waals surface area contributed by atoms with Gasteiger partial charge < -0.3 is 5.73 Å². The summed E-state index contributed by atoms with van der Waals surface area (Å²) in [6.07, 6.45) is 0.927. The van der Waals surface area contributed by atoms with E-state index in [1.165, 1.54) is 0 Å². The zero-order valence-corrected chi connectivity index (χ0v) is 13.6. The fraction of sp³-hybridized carbons (Fsp3) is 0.538. The maximum Gasteiger partial charge on any atom is 0.243 e. The van der Waals surface area contributed by atoms with Crippen LogP contribution in [0.1, 0.15) is 24.5 Å². The molecule has 106 valence electrons. The largest absolute Gasteiger partial charge is 0.326 e. The van der Waals surface area contributed by atoms with Crippen molar-refractivity contribution in [3.8, 4) is 0 Å².